The molecule has 4 rings (SSSR count). The van der Waals surface area contributed by atoms with Crippen LogP contribution >= 0.6 is 12.4 Å². The molecule has 1 aliphatic rings. The molecule has 0 bridgehead atoms. The molecule has 0 spiro atoms. The van der Waals surface area contributed by atoms with Crippen LogP contribution in [0.1, 0.15) is 60.6 Å². The van der Waals surface area contributed by atoms with Crippen LogP contribution < -0.4 is 25.8 Å². The van der Waals surface area contributed by atoms with Gasteiger partial charge in [-0.05, 0) is 62.1 Å². The number of anilines is 2. The fourth-order valence-corrected chi connectivity index (χ4v) is 5.95. The second-order valence-electron chi connectivity index (χ2n) is 11.2. The minimum atomic E-state index is -3.37. The van der Waals surface area contributed by atoms with Crippen LogP contribution in [0.15, 0.2) is 48.5 Å². The molecule has 2 unspecified atom stereocenters. The average Bonchev–Trinajstić information content (AvgIpc) is 2.94. The van der Waals surface area contributed by atoms with Gasteiger partial charge in [0.25, 0.3) is 5.91 Å². The van der Waals surface area contributed by atoms with Crippen molar-refractivity contribution in [3.8, 4) is 11.6 Å². The number of rotatable bonds is 12. The van der Waals surface area contributed by atoms with Gasteiger partial charge in [-0.3, -0.25) is 14.4 Å². The highest BCUT2D eigenvalue weighted by molar-refractivity contribution is 7.92. The maximum atomic E-state index is 14.1. The number of aromatic nitrogens is 1. The summed E-state index contributed by atoms with van der Waals surface area (Å²) in [5, 5.41) is 5.26. The van der Waals surface area contributed by atoms with E-state index in [1.54, 1.807) is 30.3 Å². The zero-order chi connectivity index (χ0) is 32.7. The topological polar surface area (TPSA) is 156 Å². The standard InChI is InChI=1S/C31H38F2N6O5S.ClH/c1-4-5-6-24-17-23(36-31(41)37-27-16-21(32)15-26(33)29(27)30(34)40)13-14-39(24)18-20-7-12-28(35-19(20)2)44-25-10-8-22(9-11-25)38-45(3,42)43;/h7-12,15-16,23-24,38H,4-6,13-14,17-18H2,1-3H3,(H2,34,40)(H2,36,37,41);1H. The van der Waals surface area contributed by atoms with E-state index in [1.165, 1.54) is 0 Å². The van der Waals surface area contributed by atoms with Gasteiger partial charge in [-0.1, -0.05) is 25.8 Å². The van der Waals surface area contributed by atoms with Crippen LogP contribution in [0.5, 0.6) is 11.6 Å². The number of primary amides is 1. The molecule has 1 aliphatic heterocycles. The quantitative estimate of drug-likeness (QED) is 0.191. The van der Waals surface area contributed by atoms with Gasteiger partial charge in [-0.25, -0.2) is 27.0 Å². The summed E-state index contributed by atoms with van der Waals surface area (Å²) in [6.07, 6.45) is 5.35. The Kier molecular flexibility index (Phi) is 12.7. The molecule has 2 atom stereocenters. The summed E-state index contributed by atoms with van der Waals surface area (Å²) < 4.78 is 59.0. The Hall–Kier alpha value is -4.01. The molecule has 15 heteroatoms. The van der Waals surface area contributed by atoms with Crippen molar-refractivity contribution >= 4 is 45.7 Å². The zero-order valence-electron chi connectivity index (χ0n) is 25.8. The fourth-order valence-electron chi connectivity index (χ4n) is 5.38. The van der Waals surface area contributed by atoms with Gasteiger partial charge in [0.05, 0.1) is 17.5 Å². The van der Waals surface area contributed by atoms with Crippen molar-refractivity contribution in [1.82, 2.24) is 15.2 Å². The summed E-state index contributed by atoms with van der Waals surface area (Å²) in [6.45, 7) is 5.39. The average molecular weight is 681 g/mol. The third-order valence-corrected chi connectivity index (χ3v) is 8.14. The number of sulfonamides is 1. The third-order valence-electron chi connectivity index (χ3n) is 7.54. The molecule has 3 aromatic rings. The van der Waals surface area contributed by atoms with Crippen molar-refractivity contribution in [2.75, 3.05) is 22.8 Å². The van der Waals surface area contributed by atoms with Crippen molar-refractivity contribution in [3.05, 3.63) is 77.0 Å². The van der Waals surface area contributed by atoms with Gasteiger partial charge >= 0.3 is 6.03 Å². The molecule has 46 heavy (non-hydrogen) atoms. The fraction of sp³-hybridized carbons (Fsp3) is 0.387. The summed E-state index contributed by atoms with van der Waals surface area (Å²) in [7, 11) is -3.37. The lowest BCUT2D eigenvalue weighted by Gasteiger charge is -2.40. The Morgan fingerprint density at radius 1 is 1.13 bits per heavy atom. The number of nitrogens with two attached hydrogens (primary N) is 1. The van der Waals surface area contributed by atoms with Gasteiger partial charge in [0, 0.05) is 48.7 Å². The van der Waals surface area contributed by atoms with Crippen molar-refractivity contribution in [1.29, 1.82) is 0 Å². The maximum absolute atomic E-state index is 14.1. The van der Waals surface area contributed by atoms with E-state index in [1.807, 2.05) is 13.0 Å². The van der Waals surface area contributed by atoms with Crippen molar-refractivity contribution < 1.29 is 31.5 Å². The number of piperidine rings is 1. The number of ether oxygens (including phenoxy) is 1. The summed E-state index contributed by atoms with van der Waals surface area (Å²) in [5.74, 6) is -2.27. The SMILES string of the molecule is CCCCC1CC(NC(=O)Nc2cc(F)cc(F)c2C(N)=O)CCN1Cc1ccc(Oc2ccc(NS(C)(=O)=O)cc2)nc1C.Cl. The molecule has 1 aromatic heterocycles. The van der Waals surface area contributed by atoms with E-state index in [9.17, 15) is 26.8 Å². The molecule has 3 amide bonds. The van der Waals surface area contributed by atoms with E-state index >= 15 is 0 Å². The predicted octanol–water partition coefficient (Wildman–Crippen LogP) is 5.70. The van der Waals surface area contributed by atoms with Gasteiger partial charge in [0.1, 0.15) is 17.4 Å². The molecule has 1 fully saturated rings. The summed E-state index contributed by atoms with van der Waals surface area (Å²) in [6, 6.07) is 11.0. The number of carbonyl (C=O) groups is 2. The molecule has 0 radical (unpaired) electrons. The first kappa shape index (κ1) is 36.5. The van der Waals surface area contributed by atoms with Gasteiger partial charge in [0.15, 0.2) is 0 Å². The summed E-state index contributed by atoms with van der Waals surface area (Å²) >= 11 is 0. The number of halogens is 3. The van der Waals surface area contributed by atoms with E-state index in [2.05, 4.69) is 32.2 Å². The maximum Gasteiger partial charge on any atom is 0.319 e. The number of pyridine rings is 1. The predicted molar refractivity (Wildman–Crippen MR) is 175 cm³/mol. The number of nitrogens with zero attached hydrogens (tertiary/aromatic N) is 2. The Bertz CT molecular complexity index is 1650. The molecule has 11 nitrogen and oxygen atoms in total. The smallest absolute Gasteiger partial charge is 0.319 e. The number of nitrogens with one attached hydrogen (secondary N) is 3. The van der Waals surface area contributed by atoms with Gasteiger partial charge in [-0.15, -0.1) is 12.4 Å². The van der Waals surface area contributed by atoms with Crippen LogP contribution in [0.25, 0.3) is 0 Å². The summed E-state index contributed by atoms with van der Waals surface area (Å²) in [4.78, 5) is 31.4. The number of hydrogen-bond donors (Lipinski definition) is 4. The Morgan fingerprint density at radius 2 is 1.85 bits per heavy atom. The highest BCUT2D eigenvalue weighted by Gasteiger charge is 2.30. The molecule has 2 heterocycles. The lowest BCUT2D eigenvalue weighted by Crippen LogP contribution is -2.50. The number of aryl methyl sites for hydroxylation is 1. The van der Waals surface area contributed by atoms with Crippen LogP contribution in [0.4, 0.5) is 25.0 Å². The number of hydrogen-bond acceptors (Lipinski definition) is 7. The Labute approximate surface area is 273 Å². The highest BCUT2D eigenvalue weighted by Crippen LogP contribution is 2.28. The molecule has 2 aromatic carbocycles. The lowest BCUT2D eigenvalue weighted by atomic mass is 9.92. The second-order valence-corrected chi connectivity index (χ2v) is 12.9. The highest BCUT2D eigenvalue weighted by atomic mass is 35.5. The Morgan fingerprint density at radius 3 is 2.48 bits per heavy atom. The van der Waals surface area contributed by atoms with Gasteiger partial charge in [0.2, 0.25) is 15.9 Å². The largest absolute Gasteiger partial charge is 0.439 e. The van der Waals surface area contributed by atoms with E-state index in [4.69, 9.17) is 10.5 Å². The molecule has 5 N–H and O–H groups in total. The van der Waals surface area contributed by atoms with E-state index in [0.717, 1.165) is 42.8 Å². The first-order valence-electron chi connectivity index (χ1n) is 14.6. The van der Waals surface area contributed by atoms with Gasteiger partial charge < -0.3 is 21.1 Å². The molecule has 0 saturated carbocycles. The van der Waals surface area contributed by atoms with Crippen molar-refractivity contribution in [2.45, 2.75) is 64.6 Å². The van der Waals surface area contributed by atoms with E-state index < -0.39 is 39.2 Å². The van der Waals surface area contributed by atoms with Crippen molar-refractivity contribution in [2.24, 2.45) is 5.73 Å². The Balaban J connectivity index is 0.00000576. The number of benzene rings is 2. The van der Waals surface area contributed by atoms with E-state index in [-0.39, 0.29) is 30.2 Å². The monoisotopic (exact) mass is 680 g/mol. The van der Waals surface area contributed by atoms with Crippen LogP contribution in [0.2, 0.25) is 0 Å². The summed E-state index contributed by atoms with van der Waals surface area (Å²) in [5.41, 5.74) is 6.60. The molecular formula is C31H39ClF2N6O5S. The number of unbranched alkanes of at least 4 members (excludes halogenated alkanes) is 1. The molecular weight excluding hydrogens is 642 g/mol. The number of likely N-dealkylation sites (tertiary alicyclic amines) is 1. The lowest BCUT2D eigenvalue weighted by molar-refractivity contribution is 0.0997. The zero-order valence-corrected chi connectivity index (χ0v) is 27.4. The minimum absolute atomic E-state index is 0. The number of urea groups is 1. The van der Waals surface area contributed by atoms with Gasteiger partial charge in [-0.2, -0.15) is 0 Å². The number of carbonyl (C=O) groups excluding carboxylic acids is 2. The normalized spacial score (nSPS) is 16.6. The molecule has 1 saturated heterocycles. The minimum Gasteiger partial charge on any atom is -0.439 e. The van der Waals surface area contributed by atoms with Crippen LogP contribution in [0, 0.1) is 18.6 Å². The number of amides is 3. The first-order chi connectivity index (χ1) is 21.3. The second kappa shape index (κ2) is 16.0. The van der Waals surface area contributed by atoms with E-state index in [0.29, 0.717) is 49.3 Å². The van der Waals surface area contributed by atoms with Crippen LogP contribution in [0.3, 0.4) is 0 Å². The first-order valence-corrected chi connectivity index (χ1v) is 16.5. The third kappa shape index (κ3) is 10.3. The van der Waals surface area contributed by atoms with Crippen LogP contribution in [-0.2, 0) is 16.6 Å². The van der Waals surface area contributed by atoms with Crippen LogP contribution in [-0.4, -0.2) is 55.1 Å². The molecule has 0 aliphatic carbocycles. The van der Waals surface area contributed by atoms with Crippen molar-refractivity contribution in [3.63, 3.8) is 0 Å². The molecule has 250 valence electrons.